The minimum atomic E-state index is 0.428. The van der Waals surface area contributed by atoms with Crippen LogP contribution in [0.3, 0.4) is 0 Å². The van der Waals surface area contributed by atoms with Gasteiger partial charge in [-0.05, 0) is 24.5 Å². The van der Waals surface area contributed by atoms with Crippen molar-refractivity contribution in [3.8, 4) is 6.07 Å². The maximum absolute atomic E-state index is 8.92. The topological polar surface area (TPSA) is 78.8 Å². The fourth-order valence-corrected chi connectivity index (χ4v) is 1.99. The van der Waals surface area contributed by atoms with Gasteiger partial charge in [0, 0.05) is 18.8 Å². The Bertz CT molecular complexity index is 635. The second kappa shape index (κ2) is 5.59. The van der Waals surface area contributed by atoms with Gasteiger partial charge in [-0.2, -0.15) is 5.26 Å². The molecular formula is C13H13N5S. The molecule has 0 saturated heterocycles. The number of anilines is 3. The van der Waals surface area contributed by atoms with Crippen molar-refractivity contribution < 1.29 is 0 Å². The van der Waals surface area contributed by atoms with Gasteiger partial charge in [0.1, 0.15) is 11.6 Å². The van der Waals surface area contributed by atoms with Crippen LogP contribution in [0.5, 0.6) is 0 Å². The number of thioether (sulfide) groups is 1. The molecule has 0 bridgehead atoms. The van der Waals surface area contributed by atoms with E-state index < -0.39 is 0 Å². The molecule has 0 spiro atoms. The summed E-state index contributed by atoms with van der Waals surface area (Å²) in [7, 11) is 1.88. The molecule has 1 aromatic heterocycles. The Morgan fingerprint density at radius 2 is 2.11 bits per heavy atom. The maximum atomic E-state index is 8.92. The van der Waals surface area contributed by atoms with Crippen LogP contribution in [-0.4, -0.2) is 23.3 Å². The summed E-state index contributed by atoms with van der Waals surface area (Å²) in [6.07, 6.45) is 1.90. The van der Waals surface area contributed by atoms with Crippen LogP contribution in [0.4, 0.5) is 17.3 Å². The van der Waals surface area contributed by atoms with Gasteiger partial charge in [0.15, 0.2) is 5.16 Å². The van der Waals surface area contributed by atoms with E-state index in [-0.39, 0.29) is 0 Å². The van der Waals surface area contributed by atoms with E-state index in [4.69, 9.17) is 11.0 Å². The summed E-state index contributed by atoms with van der Waals surface area (Å²) < 4.78 is 0. The molecule has 0 aliphatic rings. The molecule has 0 aliphatic heterocycles. The molecule has 96 valence electrons. The molecule has 1 heterocycles. The fraction of sp³-hybridized carbons (Fsp3) is 0.154. The van der Waals surface area contributed by atoms with Crippen molar-refractivity contribution in [1.82, 2.24) is 9.97 Å². The van der Waals surface area contributed by atoms with Crippen molar-refractivity contribution in [2.45, 2.75) is 5.16 Å². The number of aromatic nitrogens is 2. The number of hydrogen-bond donors (Lipinski definition) is 1. The first-order chi connectivity index (χ1) is 9.13. The smallest absolute Gasteiger partial charge is 0.191 e. The third-order valence-corrected chi connectivity index (χ3v) is 3.15. The van der Waals surface area contributed by atoms with Gasteiger partial charge in [0.25, 0.3) is 0 Å². The highest BCUT2D eigenvalue weighted by atomic mass is 32.2. The summed E-state index contributed by atoms with van der Waals surface area (Å²) in [6, 6.07) is 11.1. The Balaban J connectivity index is 2.40. The van der Waals surface area contributed by atoms with Crippen LogP contribution >= 0.6 is 11.8 Å². The van der Waals surface area contributed by atoms with E-state index >= 15 is 0 Å². The lowest BCUT2D eigenvalue weighted by atomic mass is 10.2. The van der Waals surface area contributed by atoms with Gasteiger partial charge < -0.3 is 10.6 Å². The van der Waals surface area contributed by atoms with Crippen molar-refractivity contribution in [1.29, 1.82) is 5.26 Å². The molecule has 0 amide bonds. The van der Waals surface area contributed by atoms with Crippen LogP contribution in [0.2, 0.25) is 0 Å². The first-order valence-electron chi connectivity index (χ1n) is 5.56. The number of nitrogens with two attached hydrogens (primary N) is 1. The third-order valence-electron chi connectivity index (χ3n) is 2.60. The average molecular weight is 271 g/mol. The van der Waals surface area contributed by atoms with Gasteiger partial charge in [-0.25, -0.2) is 9.97 Å². The predicted molar refractivity (Wildman–Crippen MR) is 77.4 cm³/mol. The predicted octanol–water partition coefficient (Wildman–Crippen LogP) is 2.42. The van der Waals surface area contributed by atoms with Crippen LogP contribution in [0.1, 0.15) is 5.56 Å². The normalized spacial score (nSPS) is 9.95. The number of nitriles is 1. The van der Waals surface area contributed by atoms with E-state index in [0.717, 1.165) is 5.69 Å². The highest BCUT2D eigenvalue weighted by molar-refractivity contribution is 7.98. The fourth-order valence-electron chi connectivity index (χ4n) is 1.61. The summed E-state index contributed by atoms with van der Waals surface area (Å²) in [5.74, 6) is 1.13. The Kier molecular flexibility index (Phi) is 3.88. The zero-order valence-electron chi connectivity index (χ0n) is 10.7. The standard InChI is InChI=1S/C13H13N5S/c1-18(10-5-3-4-9(6-10)8-14)12-7-11(15)16-13(17-12)19-2/h3-7H,1-2H3,(H2,15,16,17). The monoisotopic (exact) mass is 271 g/mol. The summed E-state index contributed by atoms with van der Waals surface area (Å²) in [6.45, 7) is 0. The largest absolute Gasteiger partial charge is 0.383 e. The molecular weight excluding hydrogens is 258 g/mol. The number of nitrogens with zero attached hydrogens (tertiary/aromatic N) is 4. The summed E-state index contributed by atoms with van der Waals surface area (Å²) in [5, 5.41) is 9.55. The minimum Gasteiger partial charge on any atom is -0.383 e. The van der Waals surface area contributed by atoms with E-state index in [9.17, 15) is 0 Å². The molecule has 2 rings (SSSR count). The molecule has 1 aromatic carbocycles. The summed E-state index contributed by atoms with van der Waals surface area (Å²) in [4.78, 5) is 10.4. The Morgan fingerprint density at radius 3 is 2.79 bits per heavy atom. The van der Waals surface area contributed by atoms with Crippen LogP contribution in [0.15, 0.2) is 35.5 Å². The lowest BCUT2D eigenvalue weighted by molar-refractivity contribution is 0.953. The van der Waals surface area contributed by atoms with Crippen molar-refractivity contribution in [2.75, 3.05) is 23.9 Å². The van der Waals surface area contributed by atoms with Gasteiger partial charge in [0.2, 0.25) is 0 Å². The van der Waals surface area contributed by atoms with Crippen molar-refractivity contribution in [3.05, 3.63) is 35.9 Å². The van der Waals surface area contributed by atoms with Gasteiger partial charge in [-0.15, -0.1) is 0 Å². The van der Waals surface area contributed by atoms with Crippen molar-refractivity contribution in [2.24, 2.45) is 0 Å². The first kappa shape index (κ1) is 13.2. The SMILES string of the molecule is CSc1nc(N)cc(N(C)c2cccc(C#N)c2)n1. The highest BCUT2D eigenvalue weighted by Gasteiger charge is 2.09. The molecule has 0 atom stereocenters. The Labute approximate surface area is 116 Å². The van der Waals surface area contributed by atoms with Crippen molar-refractivity contribution >= 4 is 29.1 Å². The van der Waals surface area contributed by atoms with Gasteiger partial charge in [-0.3, -0.25) is 0 Å². The maximum Gasteiger partial charge on any atom is 0.191 e. The molecule has 2 N–H and O–H groups in total. The summed E-state index contributed by atoms with van der Waals surface area (Å²) >= 11 is 1.44. The molecule has 0 aliphatic carbocycles. The number of benzene rings is 1. The van der Waals surface area contributed by atoms with E-state index in [2.05, 4.69) is 16.0 Å². The molecule has 0 unspecified atom stereocenters. The Hall–Kier alpha value is -2.26. The number of rotatable bonds is 3. The lowest BCUT2D eigenvalue weighted by Crippen LogP contribution is -2.12. The zero-order valence-corrected chi connectivity index (χ0v) is 11.5. The van der Waals surface area contributed by atoms with Gasteiger partial charge >= 0.3 is 0 Å². The Morgan fingerprint density at radius 1 is 1.32 bits per heavy atom. The van der Waals surface area contributed by atoms with Gasteiger partial charge in [-0.1, -0.05) is 17.8 Å². The summed E-state index contributed by atoms with van der Waals surface area (Å²) in [5.41, 5.74) is 7.25. The molecule has 0 saturated carbocycles. The quantitative estimate of drug-likeness (QED) is 0.682. The van der Waals surface area contributed by atoms with Gasteiger partial charge in [0.05, 0.1) is 11.6 Å². The molecule has 2 aromatic rings. The second-order valence-electron chi connectivity index (χ2n) is 3.86. The molecule has 6 heteroatoms. The second-order valence-corrected chi connectivity index (χ2v) is 4.63. The van der Waals surface area contributed by atoms with Crippen LogP contribution < -0.4 is 10.6 Å². The molecule has 5 nitrogen and oxygen atoms in total. The molecule has 0 fully saturated rings. The highest BCUT2D eigenvalue weighted by Crippen LogP contribution is 2.25. The van der Waals surface area contributed by atoms with E-state index in [0.29, 0.717) is 22.4 Å². The first-order valence-corrected chi connectivity index (χ1v) is 6.79. The van der Waals surface area contributed by atoms with E-state index in [1.165, 1.54) is 11.8 Å². The van der Waals surface area contributed by atoms with E-state index in [1.54, 1.807) is 18.2 Å². The minimum absolute atomic E-state index is 0.428. The van der Waals surface area contributed by atoms with Crippen LogP contribution in [-0.2, 0) is 0 Å². The zero-order chi connectivity index (χ0) is 13.8. The van der Waals surface area contributed by atoms with E-state index in [1.807, 2.05) is 30.3 Å². The van der Waals surface area contributed by atoms with Crippen molar-refractivity contribution in [3.63, 3.8) is 0 Å². The lowest BCUT2D eigenvalue weighted by Gasteiger charge is -2.19. The molecule has 0 radical (unpaired) electrons. The number of hydrogen-bond acceptors (Lipinski definition) is 6. The average Bonchev–Trinajstić information content (AvgIpc) is 2.45. The number of nitrogen functional groups attached to an aromatic ring is 1. The van der Waals surface area contributed by atoms with Crippen LogP contribution in [0.25, 0.3) is 0 Å². The third kappa shape index (κ3) is 2.95. The van der Waals surface area contributed by atoms with Crippen LogP contribution in [0, 0.1) is 11.3 Å². The molecule has 19 heavy (non-hydrogen) atoms.